The van der Waals surface area contributed by atoms with Crippen molar-refractivity contribution in [1.82, 2.24) is 24.5 Å². The van der Waals surface area contributed by atoms with Gasteiger partial charge in [0.15, 0.2) is 0 Å². The minimum absolute atomic E-state index is 0.733. The van der Waals surface area contributed by atoms with Gasteiger partial charge in [-0.05, 0) is 38.5 Å². The Morgan fingerprint density at radius 2 is 1.87 bits per heavy atom. The molecule has 0 bridgehead atoms. The van der Waals surface area contributed by atoms with Gasteiger partial charge in [-0.3, -0.25) is 4.98 Å². The molecule has 4 aromatic heterocycles. The maximum absolute atomic E-state index is 10.6. The molecule has 0 aliphatic carbocycles. The summed E-state index contributed by atoms with van der Waals surface area (Å²) in [5.41, 5.74) is 6.30. The third kappa shape index (κ3) is 3.02. The van der Waals surface area contributed by atoms with E-state index in [4.69, 9.17) is 4.98 Å². The molecule has 0 saturated carbocycles. The molecule has 30 heavy (non-hydrogen) atoms. The van der Waals surface area contributed by atoms with Gasteiger partial charge in [0.2, 0.25) is 0 Å². The van der Waals surface area contributed by atoms with Gasteiger partial charge in [-0.1, -0.05) is 35.5 Å². The number of aromatic nitrogens is 5. The summed E-state index contributed by atoms with van der Waals surface area (Å²) < 4.78 is 5.18. The molecule has 0 radical (unpaired) electrons. The van der Waals surface area contributed by atoms with Crippen LogP contribution in [0.5, 0.6) is 0 Å². The molecule has 152 valence electrons. The van der Waals surface area contributed by atoms with E-state index in [0.717, 1.165) is 49.6 Å². The summed E-state index contributed by atoms with van der Waals surface area (Å²) in [4.78, 5) is 5.78. The predicted molar refractivity (Wildman–Crippen MR) is 121 cm³/mol. The molecular formula is C23H23N5OS. The number of fused-ring (bicyclic) bond motifs is 3. The fourth-order valence-electron chi connectivity index (χ4n) is 3.94. The van der Waals surface area contributed by atoms with Gasteiger partial charge >= 0.3 is 0 Å². The maximum Gasteiger partial charge on any atom is 0.106 e. The minimum atomic E-state index is -0.884. The quantitative estimate of drug-likeness (QED) is 0.463. The first-order chi connectivity index (χ1) is 14.3. The number of pyridine rings is 1. The zero-order valence-electron chi connectivity index (χ0n) is 17.4. The van der Waals surface area contributed by atoms with Crippen molar-refractivity contribution in [1.29, 1.82) is 0 Å². The highest BCUT2D eigenvalue weighted by Crippen LogP contribution is 2.40. The van der Waals surface area contributed by atoms with E-state index in [1.165, 1.54) is 5.56 Å². The van der Waals surface area contributed by atoms with Gasteiger partial charge in [-0.15, -0.1) is 16.4 Å². The van der Waals surface area contributed by atoms with Crippen LogP contribution >= 0.6 is 11.3 Å². The summed E-state index contributed by atoms with van der Waals surface area (Å²) in [7, 11) is 1.90. The van der Waals surface area contributed by atoms with Crippen molar-refractivity contribution in [3.63, 3.8) is 0 Å². The number of aryl methyl sites for hydroxylation is 2. The Labute approximate surface area is 178 Å². The number of benzene rings is 1. The molecule has 0 saturated heterocycles. The van der Waals surface area contributed by atoms with Crippen LogP contribution in [0.15, 0.2) is 48.7 Å². The molecule has 0 atom stereocenters. The van der Waals surface area contributed by atoms with E-state index in [1.54, 1.807) is 16.0 Å². The van der Waals surface area contributed by atoms with Crippen molar-refractivity contribution < 1.29 is 5.11 Å². The van der Waals surface area contributed by atoms with Gasteiger partial charge in [0, 0.05) is 30.2 Å². The van der Waals surface area contributed by atoms with Crippen molar-refractivity contribution in [2.45, 2.75) is 32.9 Å². The lowest BCUT2D eigenvalue weighted by atomic mass is 10.1. The first-order valence-electron chi connectivity index (χ1n) is 9.88. The van der Waals surface area contributed by atoms with E-state index in [2.05, 4.69) is 51.3 Å². The van der Waals surface area contributed by atoms with Crippen molar-refractivity contribution in [2.24, 2.45) is 7.05 Å². The fourth-order valence-corrected chi connectivity index (χ4v) is 5.11. The Morgan fingerprint density at radius 1 is 1.10 bits per heavy atom. The molecule has 0 aliphatic heterocycles. The third-order valence-corrected chi connectivity index (χ3v) is 6.88. The topological polar surface area (TPSA) is 68.8 Å². The van der Waals surface area contributed by atoms with Crippen LogP contribution in [0.4, 0.5) is 0 Å². The predicted octanol–water partition coefficient (Wildman–Crippen LogP) is 4.63. The molecular weight excluding hydrogens is 394 g/mol. The second-order valence-electron chi connectivity index (χ2n) is 8.19. The molecule has 1 N–H and O–H groups in total. The van der Waals surface area contributed by atoms with Crippen molar-refractivity contribution in [3.05, 3.63) is 64.8 Å². The fraction of sp³-hybridized carbons (Fsp3) is 0.261. The van der Waals surface area contributed by atoms with Crippen molar-refractivity contribution in [2.75, 3.05) is 0 Å². The number of nitrogens with zero attached hydrogens (tertiary/aromatic N) is 5. The van der Waals surface area contributed by atoms with Crippen LogP contribution in [0.25, 0.3) is 32.5 Å². The Kier molecular flexibility index (Phi) is 4.27. The van der Waals surface area contributed by atoms with Crippen LogP contribution in [-0.2, 0) is 19.2 Å². The van der Waals surface area contributed by atoms with E-state index < -0.39 is 5.60 Å². The number of hydrogen-bond donors (Lipinski definition) is 1. The number of hydrogen-bond acceptors (Lipinski definition) is 5. The summed E-state index contributed by atoms with van der Waals surface area (Å²) in [5.74, 6) is 0. The van der Waals surface area contributed by atoms with Crippen molar-refractivity contribution >= 4 is 32.6 Å². The van der Waals surface area contributed by atoms with Gasteiger partial charge in [0.25, 0.3) is 0 Å². The largest absolute Gasteiger partial charge is 0.385 e. The summed E-state index contributed by atoms with van der Waals surface area (Å²) in [6, 6.07) is 14.7. The lowest BCUT2D eigenvalue weighted by molar-refractivity contribution is 0.0826. The number of thiophene rings is 1. The summed E-state index contributed by atoms with van der Waals surface area (Å²) in [6.45, 7) is 6.34. The Balaban J connectivity index is 1.78. The van der Waals surface area contributed by atoms with Crippen LogP contribution in [0, 0.1) is 6.92 Å². The van der Waals surface area contributed by atoms with E-state index in [1.807, 2.05) is 40.1 Å². The molecule has 0 aliphatic rings. The van der Waals surface area contributed by atoms with Gasteiger partial charge in [-0.2, -0.15) is 0 Å². The summed E-state index contributed by atoms with van der Waals surface area (Å²) >= 11 is 1.61. The number of aliphatic hydroxyl groups is 1. The molecule has 0 spiro atoms. The Bertz CT molecular complexity index is 1350. The molecule has 4 heterocycles. The van der Waals surface area contributed by atoms with Crippen LogP contribution in [0.3, 0.4) is 0 Å². The maximum atomic E-state index is 10.6. The molecule has 1 aromatic carbocycles. The standard InChI is InChI=1S/C23H23N5OS/c1-14-21(27(4)26-25-14)16-10-17-20(24-12-16)22-18(11-19(30-22)23(2,3)29)28(17)13-15-8-6-5-7-9-15/h5-12,29H,13H2,1-4H3. The van der Waals surface area contributed by atoms with E-state index >= 15 is 0 Å². The van der Waals surface area contributed by atoms with Crippen LogP contribution in [0.1, 0.15) is 30.0 Å². The first kappa shape index (κ1) is 19.0. The van der Waals surface area contributed by atoms with Gasteiger partial charge in [-0.25, -0.2) is 4.68 Å². The zero-order valence-corrected chi connectivity index (χ0v) is 18.2. The highest BCUT2D eigenvalue weighted by Gasteiger charge is 2.24. The average molecular weight is 418 g/mol. The third-order valence-electron chi connectivity index (χ3n) is 5.43. The van der Waals surface area contributed by atoms with Gasteiger partial charge < -0.3 is 9.67 Å². The van der Waals surface area contributed by atoms with Gasteiger partial charge in [0.1, 0.15) is 5.52 Å². The highest BCUT2D eigenvalue weighted by molar-refractivity contribution is 7.20. The molecule has 0 fully saturated rings. The molecule has 7 heteroatoms. The van der Waals surface area contributed by atoms with Crippen LogP contribution in [-0.4, -0.2) is 29.7 Å². The molecule has 5 rings (SSSR count). The smallest absolute Gasteiger partial charge is 0.106 e. The summed E-state index contributed by atoms with van der Waals surface area (Å²) in [5, 5.41) is 18.9. The second kappa shape index (κ2) is 6.75. The van der Waals surface area contributed by atoms with E-state index in [0.29, 0.717) is 0 Å². The molecule has 6 nitrogen and oxygen atoms in total. The number of rotatable bonds is 4. The lowest BCUT2D eigenvalue weighted by Crippen LogP contribution is -2.13. The zero-order chi connectivity index (χ0) is 21.0. The van der Waals surface area contributed by atoms with Crippen molar-refractivity contribution in [3.8, 4) is 11.3 Å². The minimum Gasteiger partial charge on any atom is -0.385 e. The second-order valence-corrected chi connectivity index (χ2v) is 9.25. The van der Waals surface area contributed by atoms with E-state index in [9.17, 15) is 5.11 Å². The Hall–Kier alpha value is -3.03. The van der Waals surface area contributed by atoms with Crippen LogP contribution < -0.4 is 0 Å². The van der Waals surface area contributed by atoms with E-state index in [-0.39, 0.29) is 0 Å². The van der Waals surface area contributed by atoms with Crippen LogP contribution in [0.2, 0.25) is 0 Å². The molecule has 0 amide bonds. The molecule has 0 unspecified atom stereocenters. The summed E-state index contributed by atoms with van der Waals surface area (Å²) in [6.07, 6.45) is 1.89. The Morgan fingerprint density at radius 3 is 2.53 bits per heavy atom. The first-order valence-corrected chi connectivity index (χ1v) is 10.7. The average Bonchev–Trinajstić information content (AvgIpc) is 3.36. The van der Waals surface area contributed by atoms with Gasteiger partial charge in [0.05, 0.1) is 32.7 Å². The normalized spacial score (nSPS) is 12.3. The molecule has 5 aromatic rings. The monoisotopic (exact) mass is 417 g/mol. The highest BCUT2D eigenvalue weighted by atomic mass is 32.1. The SMILES string of the molecule is Cc1nnn(C)c1-c1cnc2c3sc(C(C)(C)O)cc3n(Cc3ccccc3)c2c1. The lowest BCUT2D eigenvalue weighted by Gasteiger charge is -2.14.